The molecule has 0 fully saturated rings. The van der Waals surface area contributed by atoms with Gasteiger partial charge in [-0.05, 0) is 44.1 Å². The second-order valence-electron chi connectivity index (χ2n) is 5.44. The van der Waals surface area contributed by atoms with Crippen molar-refractivity contribution in [2.75, 3.05) is 26.7 Å². The molecule has 0 bridgehead atoms. The predicted octanol–water partition coefficient (Wildman–Crippen LogP) is 0.563. The van der Waals surface area contributed by atoms with Crippen LogP contribution in [-0.2, 0) is 21.2 Å². The summed E-state index contributed by atoms with van der Waals surface area (Å²) >= 11 is 0. The van der Waals surface area contributed by atoms with Gasteiger partial charge in [-0.25, -0.2) is 13.1 Å². The number of benzene rings is 1. The van der Waals surface area contributed by atoms with Crippen LogP contribution in [0, 0.1) is 0 Å². The Hall–Kier alpha value is -1.70. The lowest BCUT2D eigenvalue weighted by molar-refractivity contribution is -0.120. The van der Waals surface area contributed by atoms with Crippen molar-refractivity contribution in [1.82, 2.24) is 15.4 Å². The largest absolute Gasteiger partial charge is 0.352 e. The molecule has 0 saturated carbocycles. The quantitative estimate of drug-likeness (QED) is 0.635. The first-order valence-electron chi connectivity index (χ1n) is 7.69. The number of hydrogen-bond donors (Lipinski definition) is 3. The highest BCUT2D eigenvalue weighted by Crippen LogP contribution is 2.11. The van der Waals surface area contributed by atoms with Crippen LogP contribution in [0.5, 0.6) is 0 Å². The van der Waals surface area contributed by atoms with Gasteiger partial charge in [-0.2, -0.15) is 0 Å². The van der Waals surface area contributed by atoms with E-state index in [2.05, 4.69) is 21.4 Å². The summed E-state index contributed by atoms with van der Waals surface area (Å²) < 4.78 is 25.5. The molecule has 1 aliphatic rings. The van der Waals surface area contributed by atoms with Gasteiger partial charge in [0.1, 0.15) is 0 Å². The van der Waals surface area contributed by atoms with E-state index < -0.39 is 10.0 Å². The van der Waals surface area contributed by atoms with Crippen LogP contribution in [0.1, 0.15) is 18.4 Å². The predicted molar refractivity (Wildman–Crippen MR) is 89.6 cm³/mol. The normalized spacial score (nSPS) is 15.1. The van der Waals surface area contributed by atoms with Gasteiger partial charge in [0.15, 0.2) is 0 Å². The van der Waals surface area contributed by atoms with E-state index in [-0.39, 0.29) is 10.8 Å². The zero-order valence-electron chi connectivity index (χ0n) is 13.3. The van der Waals surface area contributed by atoms with E-state index >= 15 is 0 Å². The molecule has 0 atom stereocenters. The van der Waals surface area contributed by atoms with Gasteiger partial charge < -0.3 is 10.6 Å². The molecule has 0 aromatic heterocycles. The number of aryl methyl sites for hydroxylation is 1. The van der Waals surface area contributed by atoms with Crippen molar-refractivity contribution in [2.24, 2.45) is 0 Å². The number of nitrogens with one attached hydrogen (secondary N) is 3. The van der Waals surface area contributed by atoms with Crippen LogP contribution in [0.3, 0.4) is 0 Å². The molecule has 2 rings (SSSR count). The van der Waals surface area contributed by atoms with Gasteiger partial charge in [-0.1, -0.05) is 23.8 Å². The first-order chi connectivity index (χ1) is 11.0. The van der Waals surface area contributed by atoms with Crippen LogP contribution < -0.4 is 15.4 Å². The Morgan fingerprint density at radius 1 is 1.26 bits per heavy atom. The first kappa shape index (κ1) is 17.7. The molecular weight excluding hydrogens is 314 g/mol. The van der Waals surface area contributed by atoms with E-state index in [0.717, 1.165) is 25.1 Å². The SMILES string of the molecule is CNS(=O)(=O)c1ccc(CCC(=O)NCC2=CCNCC2)cc1. The van der Waals surface area contributed by atoms with E-state index in [1.54, 1.807) is 24.3 Å². The molecule has 0 aliphatic carbocycles. The zero-order valence-corrected chi connectivity index (χ0v) is 14.1. The maximum atomic E-state index is 11.9. The molecule has 23 heavy (non-hydrogen) atoms. The molecule has 1 aromatic carbocycles. The Kier molecular flexibility index (Phi) is 6.32. The standard InChI is InChI=1S/C16H23N3O3S/c1-17-23(21,22)15-5-2-13(3-6-15)4-7-16(20)19-12-14-8-10-18-11-9-14/h2-3,5-6,8,17-18H,4,7,9-12H2,1H3,(H,19,20). The highest BCUT2D eigenvalue weighted by molar-refractivity contribution is 7.89. The summed E-state index contributed by atoms with van der Waals surface area (Å²) in [5.41, 5.74) is 2.20. The third kappa shape index (κ3) is 5.46. The minimum absolute atomic E-state index is 0.0105. The van der Waals surface area contributed by atoms with Gasteiger partial charge in [0.25, 0.3) is 0 Å². The van der Waals surface area contributed by atoms with E-state index in [4.69, 9.17) is 0 Å². The lowest BCUT2D eigenvalue weighted by Gasteiger charge is -2.14. The second kappa shape index (κ2) is 8.24. The van der Waals surface area contributed by atoms with Gasteiger partial charge >= 0.3 is 0 Å². The summed E-state index contributed by atoms with van der Waals surface area (Å²) in [6, 6.07) is 6.59. The molecule has 1 aromatic rings. The average molecular weight is 337 g/mol. The fraction of sp³-hybridized carbons (Fsp3) is 0.438. The molecule has 3 N–H and O–H groups in total. The average Bonchev–Trinajstić information content (AvgIpc) is 2.59. The topological polar surface area (TPSA) is 87.3 Å². The molecule has 6 nitrogen and oxygen atoms in total. The maximum absolute atomic E-state index is 11.9. The van der Waals surface area contributed by atoms with E-state index in [1.807, 2.05) is 0 Å². The lowest BCUT2D eigenvalue weighted by atomic mass is 10.1. The van der Waals surface area contributed by atoms with Crippen LogP contribution in [0.4, 0.5) is 0 Å². The number of carbonyl (C=O) groups excluding carboxylic acids is 1. The highest BCUT2D eigenvalue weighted by Gasteiger charge is 2.11. The maximum Gasteiger partial charge on any atom is 0.240 e. The smallest absolute Gasteiger partial charge is 0.240 e. The Morgan fingerprint density at radius 2 is 2.00 bits per heavy atom. The molecule has 7 heteroatoms. The van der Waals surface area contributed by atoms with E-state index in [9.17, 15) is 13.2 Å². The van der Waals surface area contributed by atoms with Crippen molar-refractivity contribution in [3.63, 3.8) is 0 Å². The Labute approximate surface area is 137 Å². The summed E-state index contributed by atoms with van der Waals surface area (Å²) in [4.78, 5) is 12.1. The van der Waals surface area contributed by atoms with Crippen LogP contribution in [0.25, 0.3) is 0 Å². The van der Waals surface area contributed by atoms with Crippen molar-refractivity contribution in [1.29, 1.82) is 0 Å². The van der Waals surface area contributed by atoms with Crippen molar-refractivity contribution in [3.05, 3.63) is 41.5 Å². The Balaban J connectivity index is 1.79. The molecule has 1 aliphatic heterocycles. The van der Waals surface area contributed by atoms with Crippen LogP contribution >= 0.6 is 0 Å². The summed E-state index contributed by atoms with van der Waals surface area (Å²) in [6.07, 6.45) is 4.07. The zero-order chi connectivity index (χ0) is 16.7. The minimum Gasteiger partial charge on any atom is -0.352 e. The number of amides is 1. The van der Waals surface area contributed by atoms with E-state index in [1.165, 1.54) is 12.6 Å². The van der Waals surface area contributed by atoms with Crippen molar-refractivity contribution < 1.29 is 13.2 Å². The van der Waals surface area contributed by atoms with Crippen LogP contribution in [0.2, 0.25) is 0 Å². The fourth-order valence-corrected chi connectivity index (χ4v) is 3.07. The van der Waals surface area contributed by atoms with Crippen LogP contribution in [0.15, 0.2) is 40.8 Å². The summed E-state index contributed by atoms with van der Waals surface area (Å²) in [6.45, 7) is 2.44. The summed E-state index contributed by atoms with van der Waals surface area (Å²) in [5, 5.41) is 6.16. The molecular formula is C16H23N3O3S. The van der Waals surface area contributed by atoms with Gasteiger partial charge in [0, 0.05) is 19.5 Å². The number of rotatable bonds is 7. The van der Waals surface area contributed by atoms with Crippen LogP contribution in [-0.4, -0.2) is 41.0 Å². The monoisotopic (exact) mass is 337 g/mol. The fourth-order valence-electron chi connectivity index (χ4n) is 2.34. The lowest BCUT2D eigenvalue weighted by Crippen LogP contribution is -2.29. The molecule has 1 heterocycles. The number of carbonyl (C=O) groups is 1. The van der Waals surface area contributed by atoms with Crippen molar-refractivity contribution in [3.8, 4) is 0 Å². The third-order valence-corrected chi connectivity index (χ3v) is 5.24. The molecule has 0 spiro atoms. The summed E-state index contributed by atoms with van der Waals surface area (Å²) in [7, 11) is -2.03. The van der Waals surface area contributed by atoms with Gasteiger partial charge in [0.2, 0.25) is 15.9 Å². The Bertz CT molecular complexity index is 666. The number of sulfonamides is 1. The highest BCUT2D eigenvalue weighted by atomic mass is 32.2. The van der Waals surface area contributed by atoms with E-state index in [0.29, 0.717) is 19.4 Å². The molecule has 0 radical (unpaired) electrons. The molecule has 1 amide bonds. The van der Waals surface area contributed by atoms with Gasteiger partial charge in [-0.15, -0.1) is 0 Å². The van der Waals surface area contributed by atoms with Crippen molar-refractivity contribution in [2.45, 2.75) is 24.2 Å². The molecule has 126 valence electrons. The van der Waals surface area contributed by atoms with Gasteiger partial charge in [0.05, 0.1) is 4.90 Å². The summed E-state index contributed by atoms with van der Waals surface area (Å²) in [5.74, 6) is 0.0105. The minimum atomic E-state index is -3.41. The first-order valence-corrected chi connectivity index (χ1v) is 9.17. The molecule has 0 unspecified atom stereocenters. The number of hydrogen-bond acceptors (Lipinski definition) is 4. The third-order valence-electron chi connectivity index (χ3n) is 3.81. The molecule has 0 saturated heterocycles. The Morgan fingerprint density at radius 3 is 2.61 bits per heavy atom. The second-order valence-corrected chi connectivity index (χ2v) is 7.33. The van der Waals surface area contributed by atoms with Gasteiger partial charge in [-0.3, -0.25) is 4.79 Å². The van der Waals surface area contributed by atoms with Crippen molar-refractivity contribution >= 4 is 15.9 Å².